The maximum absolute atomic E-state index is 12.1. The van der Waals surface area contributed by atoms with E-state index in [0.29, 0.717) is 25.9 Å². The fraction of sp³-hybridized carbons (Fsp3) is 0.857. The number of rotatable bonds is 6. The molecular weight excluding hydrogens is 292 g/mol. The van der Waals surface area contributed by atoms with Gasteiger partial charge in [-0.3, -0.25) is 9.00 Å². The van der Waals surface area contributed by atoms with Crippen LogP contribution in [0.3, 0.4) is 0 Å². The zero-order valence-corrected chi connectivity index (χ0v) is 14.0. The largest absolute Gasteiger partial charge is 0.481 e. The third-order valence-electron chi connectivity index (χ3n) is 4.51. The van der Waals surface area contributed by atoms with Crippen LogP contribution in [0.25, 0.3) is 0 Å². The number of hydrogen-bond acceptors (Lipinski definition) is 3. The van der Waals surface area contributed by atoms with Gasteiger partial charge in [-0.2, -0.15) is 0 Å². The lowest BCUT2D eigenvalue weighted by molar-refractivity contribution is -0.150. The van der Waals surface area contributed by atoms with Crippen LogP contribution < -0.4 is 5.32 Å². The maximum atomic E-state index is 12.1. The Kier molecular flexibility index (Phi) is 6.19. The molecule has 0 bridgehead atoms. The standard InChI is InChI=1S/C14H26N2O4S/c1-10(2)14(12(17)18)6-8-16(9-14)13(19)15-7-5-11(3)21(4)20/h10-11H,5-9H2,1-4H3,(H,15,19)(H,17,18). The van der Waals surface area contributed by atoms with Crippen LogP contribution in [0.1, 0.15) is 33.6 Å². The summed E-state index contributed by atoms with van der Waals surface area (Å²) >= 11 is 0. The summed E-state index contributed by atoms with van der Waals surface area (Å²) in [7, 11) is -0.894. The van der Waals surface area contributed by atoms with E-state index >= 15 is 0 Å². The van der Waals surface area contributed by atoms with Crippen molar-refractivity contribution in [3.05, 3.63) is 0 Å². The molecule has 6 nitrogen and oxygen atoms in total. The van der Waals surface area contributed by atoms with Crippen molar-refractivity contribution in [1.29, 1.82) is 0 Å². The Labute approximate surface area is 128 Å². The second kappa shape index (κ2) is 7.24. The van der Waals surface area contributed by atoms with Crippen molar-refractivity contribution in [1.82, 2.24) is 10.2 Å². The molecule has 3 atom stereocenters. The number of aliphatic carboxylic acids is 1. The molecule has 0 aromatic carbocycles. The highest BCUT2D eigenvalue weighted by atomic mass is 32.2. The minimum atomic E-state index is -0.894. The first kappa shape index (κ1) is 17.9. The molecule has 1 rings (SSSR count). The maximum Gasteiger partial charge on any atom is 0.317 e. The van der Waals surface area contributed by atoms with E-state index in [1.165, 1.54) is 0 Å². The number of carbonyl (C=O) groups excluding carboxylic acids is 1. The fourth-order valence-corrected chi connectivity index (χ4v) is 3.01. The lowest BCUT2D eigenvalue weighted by atomic mass is 9.76. The smallest absolute Gasteiger partial charge is 0.317 e. The van der Waals surface area contributed by atoms with Crippen LogP contribution in [0.15, 0.2) is 0 Å². The number of likely N-dealkylation sites (tertiary alicyclic amines) is 1. The molecule has 1 aliphatic heterocycles. The Morgan fingerprint density at radius 2 is 2.00 bits per heavy atom. The van der Waals surface area contributed by atoms with Crippen LogP contribution >= 0.6 is 0 Å². The summed E-state index contributed by atoms with van der Waals surface area (Å²) in [6.07, 6.45) is 2.79. The van der Waals surface area contributed by atoms with Gasteiger partial charge in [0, 0.05) is 41.9 Å². The van der Waals surface area contributed by atoms with Gasteiger partial charge in [-0.1, -0.05) is 20.8 Å². The first-order valence-electron chi connectivity index (χ1n) is 7.29. The fourth-order valence-electron chi connectivity index (χ4n) is 2.56. The van der Waals surface area contributed by atoms with Crippen molar-refractivity contribution >= 4 is 22.8 Å². The number of urea groups is 1. The average Bonchev–Trinajstić information content (AvgIpc) is 2.84. The van der Waals surface area contributed by atoms with Crippen LogP contribution in [-0.4, -0.2) is 57.4 Å². The molecule has 0 aromatic heterocycles. The first-order chi connectivity index (χ1) is 9.70. The van der Waals surface area contributed by atoms with E-state index in [0.717, 1.165) is 0 Å². The van der Waals surface area contributed by atoms with Crippen molar-refractivity contribution in [2.75, 3.05) is 25.9 Å². The quantitative estimate of drug-likeness (QED) is 0.772. The van der Waals surface area contributed by atoms with E-state index < -0.39 is 22.2 Å². The van der Waals surface area contributed by atoms with Crippen molar-refractivity contribution in [3.8, 4) is 0 Å². The van der Waals surface area contributed by atoms with Gasteiger partial charge < -0.3 is 15.3 Å². The van der Waals surface area contributed by atoms with Crippen molar-refractivity contribution in [2.45, 2.75) is 38.9 Å². The van der Waals surface area contributed by atoms with E-state index in [1.807, 2.05) is 20.8 Å². The number of carbonyl (C=O) groups is 2. The summed E-state index contributed by atoms with van der Waals surface area (Å²) < 4.78 is 11.2. The summed E-state index contributed by atoms with van der Waals surface area (Å²) in [4.78, 5) is 25.2. The highest BCUT2D eigenvalue weighted by molar-refractivity contribution is 7.84. The highest BCUT2D eigenvalue weighted by Gasteiger charge is 2.48. The van der Waals surface area contributed by atoms with Gasteiger partial charge in [0.15, 0.2) is 0 Å². The number of carboxylic acids is 1. The van der Waals surface area contributed by atoms with Crippen molar-refractivity contribution in [2.24, 2.45) is 11.3 Å². The molecule has 1 heterocycles. The highest BCUT2D eigenvalue weighted by Crippen LogP contribution is 2.38. The molecule has 0 radical (unpaired) electrons. The van der Waals surface area contributed by atoms with Gasteiger partial charge in [-0.15, -0.1) is 0 Å². The molecule has 1 aliphatic rings. The number of hydrogen-bond donors (Lipinski definition) is 2. The van der Waals surface area contributed by atoms with Crippen molar-refractivity contribution < 1.29 is 18.9 Å². The second-order valence-electron chi connectivity index (χ2n) is 6.12. The summed E-state index contributed by atoms with van der Waals surface area (Å²) in [6, 6.07) is -0.229. The lowest BCUT2D eigenvalue weighted by Gasteiger charge is -2.28. The molecule has 0 aliphatic carbocycles. The van der Waals surface area contributed by atoms with E-state index in [2.05, 4.69) is 5.32 Å². The molecule has 3 unspecified atom stereocenters. The molecule has 1 fully saturated rings. The van der Waals surface area contributed by atoms with Gasteiger partial charge in [0.2, 0.25) is 0 Å². The zero-order valence-electron chi connectivity index (χ0n) is 13.2. The molecule has 0 spiro atoms. The number of nitrogens with zero attached hydrogens (tertiary/aromatic N) is 1. The molecular formula is C14H26N2O4S. The Balaban J connectivity index is 2.51. The van der Waals surface area contributed by atoms with E-state index in [-0.39, 0.29) is 23.7 Å². The van der Waals surface area contributed by atoms with Crippen LogP contribution in [0.4, 0.5) is 4.79 Å². The molecule has 2 N–H and O–H groups in total. The number of amides is 2. The van der Waals surface area contributed by atoms with Gasteiger partial charge >= 0.3 is 12.0 Å². The van der Waals surface area contributed by atoms with Gasteiger partial charge in [0.05, 0.1) is 5.41 Å². The number of nitrogens with one attached hydrogen (secondary N) is 1. The van der Waals surface area contributed by atoms with Crippen molar-refractivity contribution in [3.63, 3.8) is 0 Å². The van der Waals surface area contributed by atoms with E-state index in [4.69, 9.17) is 0 Å². The third-order valence-corrected chi connectivity index (χ3v) is 5.88. The molecule has 7 heteroatoms. The normalized spacial score (nSPS) is 24.9. The van der Waals surface area contributed by atoms with Gasteiger partial charge in [-0.05, 0) is 18.8 Å². The molecule has 1 saturated heterocycles. The van der Waals surface area contributed by atoms with Crippen LogP contribution in [0.2, 0.25) is 0 Å². The SMILES string of the molecule is CC(CCNC(=O)N1CCC(C(=O)O)(C(C)C)C1)S(C)=O. The average molecular weight is 318 g/mol. The van der Waals surface area contributed by atoms with Gasteiger partial charge in [-0.25, -0.2) is 4.79 Å². The topological polar surface area (TPSA) is 86.7 Å². The summed E-state index contributed by atoms with van der Waals surface area (Å²) in [5.74, 6) is -0.849. The number of carboxylic acid groups (broad SMARTS) is 1. The molecule has 0 aromatic rings. The Hall–Kier alpha value is -1.11. The Morgan fingerprint density at radius 3 is 2.43 bits per heavy atom. The van der Waals surface area contributed by atoms with E-state index in [9.17, 15) is 18.9 Å². The summed E-state index contributed by atoms with van der Waals surface area (Å²) in [5.41, 5.74) is -0.838. The van der Waals surface area contributed by atoms with Crippen LogP contribution in [0, 0.1) is 11.3 Å². The zero-order chi connectivity index (χ0) is 16.2. The minimum Gasteiger partial charge on any atom is -0.481 e. The predicted octanol–water partition coefficient (Wildman–Crippen LogP) is 1.29. The first-order valence-corrected chi connectivity index (χ1v) is 8.91. The lowest BCUT2D eigenvalue weighted by Crippen LogP contribution is -2.44. The van der Waals surface area contributed by atoms with E-state index in [1.54, 1.807) is 11.2 Å². The van der Waals surface area contributed by atoms with Gasteiger partial charge in [0.25, 0.3) is 0 Å². The molecule has 0 saturated carbocycles. The monoisotopic (exact) mass is 318 g/mol. The Bertz CT molecular complexity index is 427. The minimum absolute atomic E-state index is 0.0182. The summed E-state index contributed by atoms with van der Waals surface area (Å²) in [5, 5.41) is 12.3. The molecule has 21 heavy (non-hydrogen) atoms. The Morgan fingerprint density at radius 1 is 1.38 bits per heavy atom. The molecule has 2 amide bonds. The van der Waals surface area contributed by atoms with Crippen LogP contribution in [-0.2, 0) is 15.6 Å². The molecule has 122 valence electrons. The predicted molar refractivity (Wildman–Crippen MR) is 82.6 cm³/mol. The second-order valence-corrected chi connectivity index (χ2v) is 7.92. The van der Waals surface area contributed by atoms with Crippen LogP contribution in [0.5, 0.6) is 0 Å². The summed E-state index contributed by atoms with van der Waals surface area (Å²) in [6.45, 7) is 6.82. The van der Waals surface area contributed by atoms with Gasteiger partial charge in [0.1, 0.15) is 0 Å². The third kappa shape index (κ3) is 4.18.